The Bertz CT molecular complexity index is 687. The first-order valence-electron chi connectivity index (χ1n) is 9.96. The zero-order chi connectivity index (χ0) is 17.1. The van der Waals surface area contributed by atoms with E-state index in [9.17, 15) is 4.79 Å². The quantitative estimate of drug-likeness (QED) is 0.703. The van der Waals surface area contributed by atoms with Gasteiger partial charge in [0.05, 0.1) is 16.3 Å². The zero-order valence-electron chi connectivity index (χ0n) is 15.0. The molecule has 2 aromatic rings. The van der Waals surface area contributed by atoms with Gasteiger partial charge in [-0.1, -0.05) is 44.2 Å². The molecule has 4 rings (SSSR count). The number of thiazole rings is 1. The van der Waals surface area contributed by atoms with E-state index in [0.717, 1.165) is 48.7 Å². The Labute approximate surface area is 154 Å². The second-order valence-corrected chi connectivity index (χ2v) is 8.72. The molecule has 134 valence electrons. The molecule has 1 aliphatic carbocycles. The summed E-state index contributed by atoms with van der Waals surface area (Å²) in [7, 11) is 0. The fourth-order valence-corrected chi connectivity index (χ4v) is 5.58. The van der Waals surface area contributed by atoms with Crippen molar-refractivity contribution in [2.24, 2.45) is 5.92 Å². The summed E-state index contributed by atoms with van der Waals surface area (Å²) in [5, 5.41) is 1.13. The van der Waals surface area contributed by atoms with Gasteiger partial charge in [-0.3, -0.25) is 4.79 Å². The molecule has 1 saturated heterocycles. The molecule has 1 amide bonds. The number of hydrogen-bond donors (Lipinski definition) is 0. The summed E-state index contributed by atoms with van der Waals surface area (Å²) >= 11 is 1.77. The lowest BCUT2D eigenvalue weighted by atomic mass is 9.86. The van der Waals surface area contributed by atoms with Crippen LogP contribution in [0, 0.1) is 5.92 Å². The number of carbonyl (C=O) groups excluding carboxylic acids is 1. The van der Waals surface area contributed by atoms with Crippen LogP contribution in [0.5, 0.6) is 0 Å². The lowest BCUT2D eigenvalue weighted by molar-refractivity contribution is -0.135. The molecule has 0 unspecified atom stereocenters. The topological polar surface area (TPSA) is 33.2 Å². The van der Waals surface area contributed by atoms with Crippen molar-refractivity contribution in [3.8, 4) is 0 Å². The molecule has 0 N–H and O–H groups in total. The van der Waals surface area contributed by atoms with Gasteiger partial charge < -0.3 is 4.90 Å². The number of amides is 1. The van der Waals surface area contributed by atoms with Crippen LogP contribution >= 0.6 is 11.3 Å². The lowest BCUT2D eigenvalue weighted by Crippen LogP contribution is -2.38. The Hall–Kier alpha value is -1.42. The molecule has 3 nitrogen and oxygen atoms in total. The summed E-state index contributed by atoms with van der Waals surface area (Å²) in [6.07, 6.45) is 12.0. The highest BCUT2D eigenvalue weighted by Crippen LogP contribution is 2.36. The highest BCUT2D eigenvalue weighted by molar-refractivity contribution is 7.18. The molecule has 0 spiro atoms. The second-order valence-electron chi connectivity index (χ2n) is 7.66. The van der Waals surface area contributed by atoms with E-state index in [0.29, 0.717) is 5.91 Å². The van der Waals surface area contributed by atoms with Gasteiger partial charge in [0.2, 0.25) is 5.91 Å². The van der Waals surface area contributed by atoms with Gasteiger partial charge in [0.1, 0.15) is 5.01 Å². The van der Waals surface area contributed by atoms with E-state index in [2.05, 4.69) is 23.1 Å². The van der Waals surface area contributed by atoms with E-state index < -0.39 is 0 Å². The van der Waals surface area contributed by atoms with Gasteiger partial charge in [0.25, 0.3) is 0 Å². The zero-order valence-corrected chi connectivity index (χ0v) is 15.8. The van der Waals surface area contributed by atoms with Crippen LogP contribution in [-0.4, -0.2) is 22.3 Å². The fourth-order valence-electron chi connectivity index (χ4n) is 4.47. The van der Waals surface area contributed by atoms with Crippen molar-refractivity contribution in [2.45, 2.75) is 70.3 Å². The molecule has 2 fully saturated rings. The molecule has 25 heavy (non-hydrogen) atoms. The molecule has 0 bridgehead atoms. The fraction of sp³-hybridized carbons (Fsp3) is 0.619. The highest BCUT2D eigenvalue weighted by Gasteiger charge is 2.30. The number of para-hydroxylation sites is 1. The molecule has 1 aromatic carbocycles. The van der Waals surface area contributed by atoms with E-state index in [1.165, 1.54) is 43.2 Å². The summed E-state index contributed by atoms with van der Waals surface area (Å²) in [6.45, 7) is 0.907. The van der Waals surface area contributed by atoms with Gasteiger partial charge in [-0.05, 0) is 43.7 Å². The number of hydrogen-bond acceptors (Lipinski definition) is 3. The minimum absolute atomic E-state index is 0.199. The van der Waals surface area contributed by atoms with Crippen LogP contribution < -0.4 is 0 Å². The minimum atomic E-state index is 0.199. The average Bonchev–Trinajstić information content (AvgIpc) is 3.11. The van der Waals surface area contributed by atoms with Crippen molar-refractivity contribution < 1.29 is 4.79 Å². The predicted molar refractivity (Wildman–Crippen MR) is 104 cm³/mol. The van der Waals surface area contributed by atoms with Crippen LogP contribution in [0.2, 0.25) is 0 Å². The minimum Gasteiger partial charge on any atom is -0.333 e. The Morgan fingerprint density at radius 1 is 1.08 bits per heavy atom. The number of aromatic nitrogens is 1. The van der Waals surface area contributed by atoms with Crippen LogP contribution in [-0.2, 0) is 4.79 Å². The Morgan fingerprint density at radius 3 is 2.72 bits per heavy atom. The van der Waals surface area contributed by atoms with Crippen molar-refractivity contribution in [3.63, 3.8) is 0 Å². The predicted octanol–water partition coefficient (Wildman–Crippen LogP) is 5.71. The molecule has 1 saturated carbocycles. The molecule has 1 aliphatic heterocycles. The third-order valence-corrected chi connectivity index (χ3v) is 7.05. The number of fused-ring (bicyclic) bond motifs is 1. The monoisotopic (exact) mass is 356 g/mol. The Balaban J connectivity index is 1.45. The number of piperidine rings is 1. The van der Waals surface area contributed by atoms with E-state index in [1.807, 2.05) is 6.07 Å². The first-order chi connectivity index (χ1) is 12.3. The maximum absolute atomic E-state index is 12.9. The van der Waals surface area contributed by atoms with Crippen molar-refractivity contribution in [1.29, 1.82) is 0 Å². The number of likely N-dealkylation sites (tertiary alicyclic amines) is 1. The van der Waals surface area contributed by atoms with E-state index in [-0.39, 0.29) is 6.04 Å². The van der Waals surface area contributed by atoms with Crippen LogP contribution in [0.1, 0.15) is 75.3 Å². The molecule has 0 radical (unpaired) electrons. The summed E-state index contributed by atoms with van der Waals surface area (Å²) in [4.78, 5) is 19.9. The highest BCUT2D eigenvalue weighted by atomic mass is 32.1. The number of benzene rings is 1. The molecule has 2 aliphatic rings. The van der Waals surface area contributed by atoms with Crippen molar-refractivity contribution >= 4 is 27.5 Å². The largest absolute Gasteiger partial charge is 0.333 e. The first-order valence-corrected chi connectivity index (χ1v) is 10.8. The van der Waals surface area contributed by atoms with Crippen LogP contribution in [0.15, 0.2) is 24.3 Å². The number of rotatable bonds is 4. The summed E-state index contributed by atoms with van der Waals surface area (Å²) < 4.78 is 1.23. The van der Waals surface area contributed by atoms with Gasteiger partial charge in [0.15, 0.2) is 0 Å². The standard InChI is InChI=1S/C21H28N2OS/c24-20(14-13-16-8-2-1-3-9-16)23-15-7-6-11-18(23)21-22-17-10-4-5-12-19(17)25-21/h4-5,10,12,16,18H,1-3,6-9,11,13-15H2/t18-/m0/s1. The second kappa shape index (κ2) is 7.86. The maximum atomic E-state index is 12.9. The van der Waals surface area contributed by atoms with Crippen molar-refractivity contribution in [2.75, 3.05) is 6.54 Å². The van der Waals surface area contributed by atoms with Gasteiger partial charge in [-0.25, -0.2) is 4.98 Å². The molecule has 2 heterocycles. The SMILES string of the molecule is O=C(CCC1CCCCC1)N1CCCC[C@H]1c1nc2ccccc2s1. The third-order valence-electron chi connectivity index (χ3n) is 5.91. The van der Waals surface area contributed by atoms with Crippen LogP contribution in [0.3, 0.4) is 0 Å². The third kappa shape index (κ3) is 3.89. The average molecular weight is 357 g/mol. The molecule has 4 heteroatoms. The number of nitrogens with zero attached hydrogens (tertiary/aromatic N) is 2. The Kier molecular flexibility index (Phi) is 5.35. The van der Waals surface area contributed by atoms with E-state index >= 15 is 0 Å². The van der Waals surface area contributed by atoms with Gasteiger partial charge in [0, 0.05) is 13.0 Å². The van der Waals surface area contributed by atoms with Gasteiger partial charge in [-0.2, -0.15) is 0 Å². The van der Waals surface area contributed by atoms with Crippen molar-refractivity contribution in [3.05, 3.63) is 29.3 Å². The molecular formula is C21H28N2OS. The summed E-state index contributed by atoms with van der Waals surface area (Å²) in [6, 6.07) is 8.52. The lowest BCUT2D eigenvalue weighted by Gasteiger charge is -2.35. The molecule has 1 aromatic heterocycles. The summed E-state index contributed by atoms with van der Waals surface area (Å²) in [5.74, 6) is 1.14. The van der Waals surface area contributed by atoms with E-state index in [4.69, 9.17) is 4.98 Å². The van der Waals surface area contributed by atoms with Crippen molar-refractivity contribution in [1.82, 2.24) is 9.88 Å². The molecule has 1 atom stereocenters. The normalized spacial score (nSPS) is 22.4. The van der Waals surface area contributed by atoms with Crippen LogP contribution in [0.4, 0.5) is 0 Å². The molecular weight excluding hydrogens is 328 g/mol. The van der Waals surface area contributed by atoms with E-state index in [1.54, 1.807) is 11.3 Å². The van der Waals surface area contributed by atoms with Crippen LogP contribution in [0.25, 0.3) is 10.2 Å². The Morgan fingerprint density at radius 2 is 1.88 bits per heavy atom. The smallest absolute Gasteiger partial charge is 0.223 e. The van der Waals surface area contributed by atoms with Gasteiger partial charge >= 0.3 is 0 Å². The summed E-state index contributed by atoms with van der Waals surface area (Å²) in [5.41, 5.74) is 1.07. The first kappa shape index (κ1) is 17.0. The van der Waals surface area contributed by atoms with Gasteiger partial charge in [-0.15, -0.1) is 11.3 Å². The maximum Gasteiger partial charge on any atom is 0.223 e. The number of carbonyl (C=O) groups is 1.